The molecule has 19 heavy (non-hydrogen) atoms. The van der Waals surface area contributed by atoms with Crippen LogP contribution >= 0.6 is 0 Å². The van der Waals surface area contributed by atoms with Gasteiger partial charge >= 0.3 is 0 Å². The number of hydrogen-bond donors (Lipinski definition) is 1. The van der Waals surface area contributed by atoms with Gasteiger partial charge < -0.3 is 4.90 Å². The Morgan fingerprint density at radius 2 is 1.89 bits per heavy atom. The number of carbonyl (C=O) groups is 1. The van der Waals surface area contributed by atoms with Crippen LogP contribution < -0.4 is 4.72 Å². The lowest BCUT2D eigenvalue weighted by Crippen LogP contribution is -2.41. The summed E-state index contributed by atoms with van der Waals surface area (Å²) in [5.74, 6) is -0.401. The van der Waals surface area contributed by atoms with Crippen LogP contribution in [0.3, 0.4) is 0 Å². The van der Waals surface area contributed by atoms with Gasteiger partial charge in [0.15, 0.2) is 5.03 Å². The van der Waals surface area contributed by atoms with Crippen molar-refractivity contribution >= 4 is 15.9 Å². The Labute approximate surface area is 113 Å². The van der Waals surface area contributed by atoms with Crippen molar-refractivity contribution in [2.24, 2.45) is 0 Å². The van der Waals surface area contributed by atoms with E-state index in [1.54, 1.807) is 34.9 Å². The Morgan fingerprint density at radius 1 is 1.32 bits per heavy atom. The average Bonchev–Trinajstić information content (AvgIpc) is 2.24. The van der Waals surface area contributed by atoms with Gasteiger partial charge in [0.1, 0.15) is 0 Å². The quantitative estimate of drug-likeness (QED) is 0.893. The second kappa shape index (κ2) is 5.26. The smallest absolute Gasteiger partial charge is 0.259 e. The lowest BCUT2D eigenvalue weighted by Gasteiger charge is -2.21. The van der Waals surface area contributed by atoms with Gasteiger partial charge in [-0.2, -0.15) is 0 Å². The van der Waals surface area contributed by atoms with E-state index in [9.17, 15) is 13.2 Å². The van der Waals surface area contributed by atoms with E-state index in [-0.39, 0.29) is 10.6 Å². The highest BCUT2D eigenvalue weighted by molar-refractivity contribution is 7.89. The summed E-state index contributed by atoms with van der Waals surface area (Å²) in [6.07, 6.45) is 1.35. The molecular weight excluding hydrogens is 266 g/mol. The highest BCUT2D eigenvalue weighted by atomic mass is 32.2. The molecule has 7 heteroatoms. The molecule has 1 amide bonds. The number of hydrogen-bond acceptors (Lipinski definition) is 4. The van der Waals surface area contributed by atoms with Crippen LogP contribution in [0, 0.1) is 0 Å². The molecule has 0 aliphatic carbocycles. The third-order valence-corrected chi connectivity index (χ3v) is 3.82. The number of amides is 1. The summed E-state index contributed by atoms with van der Waals surface area (Å²) in [6, 6.07) is 2.99. The number of carbonyl (C=O) groups excluding carboxylic acids is 1. The molecule has 6 nitrogen and oxygen atoms in total. The van der Waals surface area contributed by atoms with Gasteiger partial charge in [-0.1, -0.05) is 0 Å². The van der Waals surface area contributed by atoms with Gasteiger partial charge in [0.2, 0.25) is 0 Å². The molecule has 106 valence electrons. The molecule has 0 aromatic carbocycles. The van der Waals surface area contributed by atoms with Gasteiger partial charge in [0.05, 0.1) is 5.56 Å². The van der Waals surface area contributed by atoms with Crippen LogP contribution in [-0.2, 0) is 10.0 Å². The number of pyridine rings is 1. The van der Waals surface area contributed by atoms with Crippen molar-refractivity contribution in [3.05, 3.63) is 23.9 Å². The average molecular weight is 285 g/mol. The van der Waals surface area contributed by atoms with Crippen molar-refractivity contribution in [3.8, 4) is 0 Å². The molecule has 0 spiro atoms. The molecule has 1 rings (SSSR count). The van der Waals surface area contributed by atoms with Crippen LogP contribution in [0.2, 0.25) is 0 Å². The van der Waals surface area contributed by atoms with Crippen LogP contribution in [0.5, 0.6) is 0 Å². The van der Waals surface area contributed by atoms with Crippen molar-refractivity contribution in [2.75, 3.05) is 14.1 Å². The van der Waals surface area contributed by atoms with Crippen molar-refractivity contribution in [3.63, 3.8) is 0 Å². The van der Waals surface area contributed by atoms with Crippen molar-refractivity contribution in [1.82, 2.24) is 14.6 Å². The summed E-state index contributed by atoms with van der Waals surface area (Å²) in [6.45, 7) is 5.17. The molecule has 0 fully saturated rings. The minimum atomic E-state index is -3.84. The first-order valence-corrected chi connectivity index (χ1v) is 7.23. The Bertz CT molecular complexity index is 574. The van der Waals surface area contributed by atoms with E-state index >= 15 is 0 Å². The van der Waals surface area contributed by atoms with E-state index in [0.29, 0.717) is 0 Å². The van der Waals surface area contributed by atoms with Gasteiger partial charge in [0.25, 0.3) is 15.9 Å². The second-order valence-electron chi connectivity index (χ2n) is 5.41. The molecule has 0 unspecified atom stereocenters. The zero-order valence-corrected chi connectivity index (χ0v) is 12.6. The fourth-order valence-corrected chi connectivity index (χ4v) is 3.01. The molecule has 0 bridgehead atoms. The molecule has 0 atom stereocenters. The van der Waals surface area contributed by atoms with Gasteiger partial charge in [-0.05, 0) is 32.9 Å². The first-order valence-electron chi connectivity index (χ1n) is 5.75. The molecule has 0 saturated heterocycles. The molecule has 1 aromatic rings. The number of aromatic nitrogens is 1. The highest BCUT2D eigenvalue weighted by Crippen LogP contribution is 2.16. The minimum Gasteiger partial charge on any atom is -0.345 e. The number of nitrogens with zero attached hydrogens (tertiary/aromatic N) is 2. The van der Waals surface area contributed by atoms with Gasteiger partial charge in [-0.25, -0.2) is 18.1 Å². The minimum absolute atomic E-state index is 0.0595. The topological polar surface area (TPSA) is 79.4 Å². The predicted octanol–water partition coefficient (Wildman–Crippen LogP) is 0.860. The summed E-state index contributed by atoms with van der Waals surface area (Å²) in [4.78, 5) is 17.1. The van der Waals surface area contributed by atoms with Crippen molar-refractivity contribution in [1.29, 1.82) is 0 Å². The summed E-state index contributed by atoms with van der Waals surface area (Å²) in [5.41, 5.74) is -0.585. The zero-order valence-electron chi connectivity index (χ0n) is 11.8. The maximum absolute atomic E-state index is 12.3. The molecule has 1 heterocycles. The molecule has 0 saturated carbocycles. The summed E-state index contributed by atoms with van der Waals surface area (Å²) >= 11 is 0. The fourth-order valence-electron chi connectivity index (χ4n) is 1.46. The molecule has 1 N–H and O–H groups in total. The monoisotopic (exact) mass is 285 g/mol. The van der Waals surface area contributed by atoms with E-state index in [1.807, 2.05) is 0 Å². The molecule has 0 radical (unpaired) electrons. The van der Waals surface area contributed by atoms with Gasteiger partial charge in [0, 0.05) is 25.8 Å². The standard InChI is InChI=1S/C12H19N3O3S/c1-12(2,3)14-19(17,18)10-9(7-6-8-13-10)11(16)15(4)5/h6-8,14H,1-5H3. The van der Waals surface area contributed by atoms with E-state index in [2.05, 4.69) is 9.71 Å². The maximum atomic E-state index is 12.3. The Morgan fingerprint density at radius 3 is 2.37 bits per heavy atom. The summed E-state index contributed by atoms with van der Waals surface area (Å²) in [5, 5.41) is -0.247. The second-order valence-corrected chi connectivity index (χ2v) is 7.01. The van der Waals surface area contributed by atoms with Crippen molar-refractivity contribution in [2.45, 2.75) is 31.3 Å². The Balaban J connectivity index is 3.32. The van der Waals surface area contributed by atoms with E-state index in [4.69, 9.17) is 0 Å². The molecular formula is C12H19N3O3S. The fraction of sp³-hybridized carbons (Fsp3) is 0.500. The zero-order chi connectivity index (χ0) is 14.8. The lowest BCUT2D eigenvalue weighted by molar-refractivity contribution is 0.0823. The van der Waals surface area contributed by atoms with Gasteiger partial charge in [-0.15, -0.1) is 0 Å². The van der Waals surface area contributed by atoms with Gasteiger partial charge in [-0.3, -0.25) is 4.79 Å². The summed E-state index contributed by atoms with van der Waals surface area (Å²) < 4.78 is 27.0. The van der Waals surface area contributed by atoms with Crippen molar-refractivity contribution < 1.29 is 13.2 Å². The molecule has 0 aliphatic rings. The Hall–Kier alpha value is -1.47. The van der Waals surface area contributed by atoms with E-state index < -0.39 is 21.5 Å². The molecule has 0 aliphatic heterocycles. The van der Waals surface area contributed by atoms with E-state index in [0.717, 1.165) is 0 Å². The van der Waals surface area contributed by atoms with Crippen LogP contribution in [0.1, 0.15) is 31.1 Å². The predicted molar refractivity (Wildman–Crippen MR) is 72.3 cm³/mol. The highest BCUT2D eigenvalue weighted by Gasteiger charge is 2.28. The first kappa shape index (κ1) is 15.6. The van der Waals surface area contributed by atoms with Crippen LogP contribution in [-0.4, -0.2) is 43.8 Å². The number of nitrogens with one attached hydrogen (secondary N) is 1. The third kappa shape index (κ3) is 4.00. The lowest BCUT2D eigenvalue weighted by atomic mass is 10.1. The Kier molecular flexibility index (Phi) is 4.32. The van der Waals surface area contributed by atoms with Crippen LogP contribution in [0.25, 0.3) is 0 Å². The SMILES string of the molecule is CN(C)C(=O)c1cccnc1S(=O)(=O)NC(C)(C)C. The number of sulfonamides is 1. The summed E-state index contributed by atoms with van der Waals surface area (Å²) in [7, 11) is -0.719. The van der Waals surface area contributed by atoms with Crippen LogP contribution in [0.4, 0.5) is 0 Å². The van der Waals surface area contributed by atoms with Crippen LogP contribution in [0.15, 0.2) is 23.4 Å². The van der Waals surface area contributed by atoms with E-state index in [1.165, 1.54) is 23.2 Å². The molecule has 1 aromatic heterocycles. The number of rotatable bonds is 3. The first-order chi connectivity index (χ1) is 8.54. The normalized spacial score (nSPS) is 12.3. The largest absolute Gasteiger partial charge is 0.345 e. The maximum Gasteiger partial charge on any atom is 0.259 e. The third-order valence-electron chi connectivity index (χ3n) is 2.10.